The van der Waals surface area contributed by atoms with Gasteiger partial charge in [-0.3, -0.25) is 9.69 Å². The van der Waals surface area contributed by atoms with Crippen LogP contribution in [0.15, 0.2) is 0 Å². The number of morpholine rings is 1. The Balaban J connectivity index is 1.40. The maximum absolute atomic E-state index is 12.7. The number of carbonyl (C=O) groups is 1. The van der Waals surface area contributed by atoms with Crippen LogP contribution < -0.4 is 5.73 Å². The number of carbonyl (C=O) groups excluding carboxylic acids is 1. The highest BCUT2D eigenvalue weighted by Crippen LogP contribution is 2.31. The summed E-state index contributed by atoms with van der Waals surface area (Å²) in [6.07, 6.45) is 8.17. The van der Waals surface area contributed by atoms with Crippen molar-refractivity contribution < 1.29 is 9.53 Å². The number of rotatable bonds is 4. The van der Waals surface area contributed by atoms with E-state index in [0.717, 1.165) is 77.2 Å². The summed E-state index contributed by atoms with van der Waals surface area (Å²) in [5.74, 6) is 0.967. The molecule has 2 unspecified atom stereocenters. The van der Waals surface area contributed by atoms with E-state index in [1.54, 1.807) is 0 Å². The van der Waals surface area contributed by atoms with E-state index in [1.807, 2.05) is 4.90 Å². The average Bonchev–Trinajstić information content (AvgIpc) is 3.00. The lowest BCUT2D eigenvalue weighted by molar-refractivity contribution is -0.138. The summed E-state index contributed by atoms with van der Waals surface area (Å²) < 4.78 is 5.81. The molecule has 2 saturated heterocycles. The van der Waals surface area contributed by atoms with Crippen molar-refractivity contribution in [3.8, 4) is 0 Å². The molecular formula is C19H35N3O2. The SMILES string of the molecule is CC1CN(CCC2CCN(C(=O)C3(N)CCCC3)CC2)CC(C)O1. The highest BCUT2D eigenvalue weighted by atomic mass is 16.5. The van der Waals surface area contributed by atoms with Gasteiger partial charge in [-0.1, -0.05) is 12.8 Å². The standard InChI is InChI=1S/C19H35N3O2/c1-15-13-21(14-16(2)24-15)10-5-17-6-11-22(12-7-17)18(23)19(20)8-3-4-9-19/h15-17H,3-14,20H2,1-2H3. The van der Waals surface area contributed by atoms with Crippen LogP contribution in [0.3, 0.4) is 0 Å². The molecule has 1 saturated carbocycles. The predicted octanol–water partition coefficient (Wildman–Crippen LogP) is 2.00. The summed E-state index contributed by atoms with van der Waals surface area (Å²) in [6, 6.07) is 0. The minimum atomic E-state index is -0.549. The van der Waals surface area contributed by atoms with Gasteiger partial charge in [0.1, 0.15) is 0 Å². The van der Waals surface area contributed by atoms with Gasteiger partial charge in [-0.25, -0.2) is 0 Å². The zero-order chi connectivity index (χ0) is 17.2. The van der Waals surface area contributed by atoms with Gasteiger partial charge in [0.25, 0.3) is 0 Å². The molecule has 0 aromatic rings. The van der Waals surface area contributed by atoms with Crippen molar-refractivity contribution in [2.75, 3.05) is 32.7 Å². The molecule has 2 N–H and O–H groups in total. The predicted molar refractivity (Wildman–Crippen MR) is 95.8 cm³/mol. The smallest absolute Gasteiger partial charge is 0.242 e. The quantitative estimate of drug-likeness (QED) is 0.852. The van der Waals surface area contributed by atoms with Crippen LogP contribution in [0, 0.1) is 5.92 Å². The van der Waals surface area contributed by atoms with Crippen molar-refractivity contribution in [2.24, 2.45) is 11.7 Å². The molecule has 2 atom stereocenters. The maximum Gasteiger partial charge on any atom is 0.242 e. The third-order valence-corrected chi connectivity index (χ3v) is 6.17. The number of piperidine rings is 1. The molecule has 1 amide bonds. The zero-order valence-corrected chi connectivity index (χ0v) is 15.5. The highest BCUT2D eigenvalue weighted by Gasteiger charge is 2.40. The molecule has 0 radical (unpaired) electrons. The van der Waals surface area contributed by atoms with Gasteiger partial charge in [0, 0.05) is 26.2 Å². The number of nitrogens with zero attached hydrogens (tertiary/aromatic N) is 2. The summed E-state index contributed by atoms with van der Waals surface area (Å²) in [7, 11) is 0. The monoisotopic (exact) mass is 337 g/mol. The van der Waals surface area contributed by atoms with Crippen LogP contribution in [0.5, 0.6) is 0 Å². The van der Waals surface area contributed by atoms with Crippen molar-refractivity contribution in [1.82, 2.24) is 9.80 Å². The van der Waals surface area contributed by atoms with Crippen LogP contribution in [0.25, 0.3) is 0 Å². The number of hydrogen-bond donors (Lipinski definition) is 1. The third-order valence-electron chi connectivity index (χ3n) is 6.17. The first kappa shape index (κ1) is 18.2. The van der Waals surface area contributed by atoms with E-state index in [-0.39, 0.29) is 5.91 Å². The van der Waals surface area contributed by atoms with Gasteiger partial charge in [0.2, 0.25) is 5.91 Å². The Hall–Kier alpha value is -0.650. The van der Waals surface area contributed by atoms with Crippen LogP contribution >= 0.6 is 0 Å². The lowest BCUT2D eigenvalue weighted by Gasteiger charge is -2.38. The van der Waals surface area contributed by atoms with E-state index in [9.17, 15) is 4.79 Å². The zero-order valence-electron chi connectivity index (χ0n) is 15.5. The minimum absolute atomic E-state index is 0.217. The first-order valence-corrected chi connectivity index (χ1v) is 9.92. The Morgan fingerprint density at radius 1 is 1.12 bits per heavy atom. The van der Waals surface area contributed by atoms with E-state index in [2.05, 4.69) is 18.7 Å². The van der Waals surface area contributed by atoms with Crippen molar-refractivity contribution in [1.29, 1.82) is 0 Å². The Kier molecular flexibility index (Phi) is 5.83. The first-order chi connectivity index (χ1) is 11.5. The molecule has 2 aliphatic heterocycles. The fourth-order valence-corrected chi connectivity index (χ4v) is 4.79. The van der Waals surface area contributed by atoms with Gasteiger partial charge < -0.3 is 15.4 Å². The Bertz CT molecular complexity index is 418. The van der Waals surface area contributed by atoms with E-state index in [1.165, 1.54) is 6.42 Å². The largest absolute Gasteiger partial charge is 0.373 e. The van der Waals surface area contributed by atoms with Gasteiger partial charge in [0.15, 0.2) is 0 Å². The molecule has 3 fully saturated rings. The number of likely N-dealkylation sites (tertiary alicyclic amines) is 1. The van der Waals surface area contributed by atoms with E-state index in [4.69, 9.17) is 10.5 Å². The third kappa shape index (κ3) is 4.30. The molecule has 3 aliphatic rings. The molecular weight excluding hydrogens is 302 g/mol. The second-order valence-electron chi connectivity index (χ2n) is 8.40. The van der Waals surface area contributed by atoms with Gasteiger partial charge in [0.05, 0.1) is 17.7 Å². The fourth-order valence-electron chi connectivity index (χ4n) is 4.79. The van der Waals surface area contributed by atoms with Crippen LogP contribution in [0.1, 0.15) is 58.8 Å². The van der Waals surface area contributed by atoms with Crippen molar-refractivity contribution >= 4 is 5.91 Å². The molecule has 5 heteroatoms. The number of hydrogen-bond acceptors (Lipinski definition) is 4. The first-order valence-electron chi connectivity index (χ1n) is 9.92. The Labute approximate surface area is 146 Å². The van der Waals surface area contributed by atoms with Crippen LogP contribution in [0.2, 0.25) is 0 Å². The number of nitrogens with two attached hydrogens (primary N) is 1. The van der Waals surface area contributed by atoms with Crippen LogP contribution in [-0.4, -0.2) is 66.2 Å². The molecule has 5 nitrogen and oxygen atoms in total. The van der Waals surface area contributed by atoms with E-state index < -0.39 is 5.54 Å². The average molecular weight is 338 g/mol. The van der Waals surface area contributed by atoms with Gasteiger partial charge in [-0.2, -0.15) is 0 Å². The molecule has 1 aliphatic carbocycles. The molecule has 0 spiro atoms. The lowest BCUT2D eigenvalue weighted by atomic mass is 9.90. The maximum atomic E-state index is 12.7. The van der Waals surface area contributed by atoms with Crippen molar-refractivity contribution in [2.45, 2.75) is 76.5 Å². The molecule has 2 heterocycles. The summed E-state index contributed by atoms with van der Waals surface area (Å²) in [5, 5.41) is 0. The molecule has 0 bridgehead atoms. The van der Waals surface area contributed by atoms with Crippen molar-refractivity contribution in [3.63, 3.8) is 0 Å². The minimum Gasteiger partial charge on any atom is -0.373 e. The Morgan fingerprint density at radius 3 is 2.29 bits per heavy atom. The van der Waals surface area contributed by atoms with E-state index in [0.29, 0.717) is 12.2 Å². The van der Waals surface area contributed by atoms with Gasteiger partial charge in [-0.05, 0) is 58.4 Å². The molecule has 0 aromatic carbocycles. The fraction of sp³-hybridized carbons (Fsp3) is 0.947. The molecule has 3 rings (SSSR count). The molecule has 138 valence electrons. The highest BCUT2D eigenvalue weighted by molar-refractivity contribution is 5.86. The van der Waals surface area contributed by atoms with Gasteiger partial charge >= 0.3 is 0 Å². The normalized spacial score (nSPS) is 32.2. The summed E-state index contributed by atoms with van der Waals surface area (Å²) in [6.45, 7) is 9.40. The Morgan fingerprint density at radius 2 is 1.71 bits per heavy atom. The summed E-state index contributed by atoms with van der Waals surface area (Å²) in [5.41, 5.74) is 5.79. The lowest BCUT2D eigenvalue weighted by Crippen LogP contribution is -2.55. The van der Waals surface area contributed by atoms with Crippen LogP contribution in [-0.2, 0) is 9.53 Å². The van der Waals surface area contributed by atoms with Crippen LogP contribution in [0.4, 0.5) is 0 Å². The second kappa shape index (κ2) is 7.71. The van der Waals surface area contributed by atoms with E-state index >= 15 is 0 Å². The van der Waals surface area contributed by atoms with Crippen molar-refractivity contribution in [3.05, 3.63) is 0 Å². The number of amides is 1. The topological polar surface area (TPSA) is 58.8 Å². The van der Waals surface area contributed by atoms with Gasteiger partial charge in [-0.15, -0.1) is 0 Å². The number of ether oxygens (including phenoxy) is 1. The summed E-state index contributed by atoms with van der Waals surface area (Å²) >= 11 is 0. The second-order valence-corrected chi connectivity index (χ2v) is 8.40. The molecule has 24 heavy (non-hydrogen) atoms. The molecule has 0 aromatic heterocycles. The summed E-state index contributed by atoms with van der Waals surface area (Å²) in [4.78, 5) is 17.3.